The first-order valence-electron chi connectivity index (χ1n) is 8.49. The van der Waals surface area contributed by atoms with Crippen LogP contribution in [0.4, 0.5) is 4.39 Å². The molecule has 4 aromatic rings. The molecule has 2 aromatic carbocycles. The maximum Gasteiger partial charge on any atom is 0.257 e. The van der Waals surface area contributed by atoms with Gasteiger partial charge in [0.15, 0.2) is 11.4 Å². The Morgan fingerprint density at radius 3 is 2.74 bits per heavy atom. The fourth-order valence-corrected chi connectivity index (χ4v) is 3.90. The standard InChI is InChI=1S/C21H17FN2O2S/c1-13-10-17(14(2)24(13)16-7-5-6-15(22)11-16)19(25)12-27-21-23-18-8-3-4-9-20(18)26-21/h3-11H,12H2,1-2H3. The van der Waals surface area contributed by atoms with Gasteiger partial charge in [0.25, 0.3) is 5.22 Å². The van der Waals surface area contributed by atoms with E-state index in [4.69, 9.17) is 4.42 Å². The number of halogens is 1. The van der Waals surface area contributed by atoms with Crippen LogP contribution >= 0.6 is 11.8 Å². The topological polar surface area (TPSA) is 48.0 Å². The SMILES string of the molecule is Cc1cc(C(=O)CSc2nc3ccccc3o2)c(C)n1-c1cccc(F)c1. The number of thioether (sulfide) groups is 1. The van der Waals surface area contributed by atoms with Crippen LogP contribution in [0, 0.1) is 19.7 Å². The minimum absolute atomic E-state index is 0.0157. The molecule has 0 fully saturated rings. The van der Waals surface area contributed by atoms with Crippen molar-refractivity contribution in [3.63, 3.8) is 0 Å². The van der Waals surface area contributed by atoms with Gasteiger partial charge in [0.05, 0.1) is 5.75 Å². The molecule has 0 radical (unpaired) electrons. The van der Waals surface area contributed by atoms with Crippen molar-refractivity contribution in [1.29, 1.82) is 0 Å². The van der Waals surface area contributed by atoms with Crippen molar-refractivity contribution in [2.75, 3.05) is 5.75 Å². The highest BCUT2D eigenvalue weighted by atomic mass is 32.2. The van der Waals surface area contributed by atoms with Gasteiger partial charge in [-0.05, 0) is 50.2 Å². The summed E-state index contributed by atoms with van der Waals surface area (Å²) in [7, 11) is 0. The van der Waals surface area contributed by atoms with Gasteiger partial charge in [-0.2, -0.15) is 0 Å². The second-order valence-electron chi connectivity index (χ2n) is 6.26. The predicted octanol–water partition coefficient (Wildman–Crippen LogP) is 5.35. The Balaban J connectivity index is 1.56. The summed E-state index contributed by atoms with van der Waals surface area (Å²) in [6.07, 6.45) is 0. The Kier molecular flexibility index (Phi) is 4.58. The molecule has 136 valence electrons. The third kappa shape index (κ3) is 3.40. The largest absolute Gasteiger partial charge is 0.431 e. The Hall–Kier alpha value is -2.86. The molecule has 0 aliphatic carbocycles. The molecule has 0 saturated carbocycles. The molecule has 0 bridgehead atoms. The molecule has 6 heteroatoms. The second kappa shape index (κ2) is 7.04. The van der Waals surface area contributed by atoms with Crippen LogP contribution in [0.5, 0.6) is 0 Å². The summed E-state index contributed by atoms with van der Waals surface area (Å²) in [4.78, 5) is 17.1. The summed E-state index contributed by atoms with van der Waals surface area (Å²) in [5, 5.41) is 0.475. The molecule has 0 atom stereocenters. The predicted molar refractivity (Wildman–Crippen MR) is 104 cm³/mol. The van der Waals surface area contributed by atoms with E-state index in [1.165, 1.54) is 23.9 Å². The summed E-state index contributed by atoms with van der Waals surface area (Å²) in [5.41, 5.74) is 4.49. The van der Waals surface area contributed by atoms with Crippen molar-refractivity contribution < 1.29 is 13.6 Å². The summed E-state index contributed by atoms with van der Waals surface area (Å²) >= 11 is 1.27. The smallest absolute Gasteiger partial charge is 0.257 e. The summed E-state index contributed by atoms with van der Waals surface area (Å²) < 4.78 is 21.1. The molecule has 27 heavy (non-hydrogen) atoms. The molecule has 0 amide bonds. The number of carbonyl (C=O) groups excluding carboxylic acids is 1. The number of aromatic nitrogens is 2. The molecule has 0 unspecified atom stereocenters. The lowest BCUT2D eigenvalue weighted by atomic mass is 10.2. The van der Waals surface area contributed by atoms with Crippen molar-refractivity contribution in [1.82, 2.24) is 9.55 Å². The maximum atomic E-state index is 13.6. The van der Waals surface area contributed by atoms with Gasteiger partial charge in [-0.1, -0.05) is 30.0 Å². The number of hydrogen-bond acceptors (Lipinski definition) is 4. The van der Waals surface area contributed by atoms with Gasteiger partial charge in [-0.25, -0.2) is 9.37 Å². The van der Waals surface area contributed by atoms with Crippen LogP contribution in [0.1, 0.15) is 21.7 Å². The van der Waals surface area contributed by atoms with Gasteiger partial charge in [0, 0.05) is 22.6 Å². The van der Waals surface area contributed by atoms with Crippen molar-refractivity contribution in [2.45, 2.75) is 19.1 Å². The van der Waals surface area contributed by atoms with Gasteiger partial charge in [0.1, 0.15) is 11.3 Å². The summed E-state index contributed by atoms with van der Waals surface area (Å²) in [6, 6.07) is 15.7. The van der Waals surface area contributed by atoms with Crippen LogP contribution in [0.15, 0.2) is 64.2 Å². The Morgan fingerprint density at radius 1 is 1.15 bits per heavy atom. The molecule has 2 aromatic heterocycles. The number of hydrogen-bond donors (Lipinski definition) is 0. The Labute approximate surface area is 160 Å². The number of ketones is 1. The van der Waals surface area contributed by atoms with Crippen molar-refractivity contribution in [3.05, 3.63) is 77.4 Å². The Bertz CT molecular complexity index is 1110. The first-order valence-corrected chi connectivity index (χ1v) is 9.48. The van der Waals surface area contributed by atoms with Crippen LogP contribution < -0.4 is 0 Å². The first kappa shape index (κ1) is 17.5. The van der Waals surface area contributed by atoms with Crippen molar-refractivity contribution in [3.8, 4) is 5.69 Å². The lowest BCUT2D eigenvalue weighted by Crippen LogP contribution is -2.05. The molecule has 0 aliphatic rings. The van der Waals surface area contributed by atoms with E-state index in [1.54, 1.807) is 6.07 Å². The fourth-order valence-electron chi connectivity index (χ4n) is 3.18. The molecule has 0 aliphatic heterocycles. The van der Waals surface area contributed by atoms with Crippen LogP contribution in [0.25, 0.3) is 16.8 Å². The molecular formula is C21H17FN2O2S. The monoisotopic (exact) mass is 380 g/mol. The van der Waals surface area contributed by atoms with E-state index in [2.05, 4.69) is 4.98 Å². The first-order chi connectivity index (χ1) is 13.0. The van der Waals surface area contributed by atoms with Gasteiger partial charge in [-0.3, -0.25) is 4.79 Å². The molecule has 4 nitrogen and oxygen atoms in total. The maximum absolute atomic E-state index is 13.6. The zero-order valence-electron chi connectivity index (χ0n) is 14.9. The molecule has 4 rings (SSSR count). The fraction of sp³-hybridized carbons (Fsp3) is 0.143. The quantitative estimate of drug-likeness (QED) is 0.346. The number of benzene rings is 2. The summed E-state index contributed by atoms with van der Waals surface area (Å²) in [5.74, 6) is -0.0994. The average Bonchev–Trinajstić information content (AvgIpc) is 3.20. The van der Waals surface area contributed by atoms with Gasteiger partial charge in [-0.15, -0.1) is 0 Å². The second-order valence-corrected chi connectivity index (χ2v) is 7.19. The number of oxazole rings is 1. The zero-order chi connectivity index (χ0) is 19.0. The average molecular weight is 380 g/mol. The van der Waals surface area contributed by atoms with Crippen LogP contribution in [0.3, 0.4) is 0 Å². The highest BCUT2D eigenvalue weighted by molar-refractivity contribution is 7.99. The van der Waals surface area contributed by atoms with E-state index in [-0.39, 0.29) is 17.4 Å². The molecule has 0 spiro atoms. The van der Waals surface area contributed by atoms with Crippen LogP contribution in [-0.2, 0) is 0 Å². The molecular weight excluding hydrogens is 363 g/mol. The number of para-hydroxylation sites is 2. The molecule has 0 N–H and O–H groups in total. The van der Waals surface area contributed by atoms with Crippen molar-refractivity contribution in [2.24, 2.45) is 0 Å². The lowest BCUT2D eigenvalue weighted by molar-refractivity contribution is 0.102. The number of nitrogens with zero attached hydrogens (tertiary/aromatic N) is 2. The highest BCUT2D eigenvalue weighted by Crippen LogP contribution is 2.26. The van der Waals surface area contributed by atoms with Crippen LogP contribution in [0.2, 0.25) is 0 Å². The molecule has 2 heterocycles. The van der Waals surface area contributed by atoms with Gasteiger partial charge in [0.2, 0.25) is 0 Å². The number of fused-ring (bicyclic) bond motifs is 1. The number of carbonyl (C=O) groups is 1. The van der Waals surface area contributed by atoms with E-state index in [9.17, 15) is 9.18 Å². The normalized spacial score (nSPS) is 11.2. The Morgan fingerprint density at radius 2 is 1.96 bits per heavy atom. The lowest BCUT2D eigenvalue weighted by Gasteiger charge is -2.09. The molecule has 0 saturated heterocycles. The van der Waals surface area contributed by atoms with Crippen molar-refractivity contribution >= 4 is 28.6 Å². The van der Waals surface area contributed by atoms with E-state index in [1.807, 2.05) is 54.8 Å². The van der Waals surface area contributed by atoms with Crippen LogP contribution in [-0.4, -0.2) is 21.1 Å². The van der Waals surface area contributed by atoms with Gasteiger partial charge < -0.3 is 8.98 Å². The highest BCUT2D eigenvalue weighted by Gasteiger charge is 2.18. The van der Waals surface area contributed by atoms with E-state index < -0.39 is 0 Å². The third-order valence-electron chi connectivity index (χ3n) is 4.40. The minimum atomic E-state index is -0.306. The number of Topliss-reactive ketones (excluding diaryl/α,β-unsaturated/α-hetero) is 1. The third-order valence-corrected chi connectivity index (χ3v) is 5.23. The van der Waals surface area contributed by atoms with Gasteiger partial charge >= 0.3 is 0 Å². The number of rotatable bonds is 5. The van der Waals surface area contributed by atoms with E-state index in [0.717, 1.165) is 16.9 Å². The number of aryl methyl sites for hydroxylation is 1. The summed E-state index contributed by atoms with van der Waals surface area (Å²) in [6.45, 7) is 3.78. The van der Waals surface area contributed by atoms with E-state index >= 15 is 0 Å². The zero-order valence-corrected chi connectivity index (χ0v) is 15.7. The minimum Gasteiger partial charge on any atom is -0.431 e. The van der Waals surface area contributed by atoms with E-state index in [0.29, 0.717) is 22.1 Å².